The van der Waals surface area contributed by atoms with Crippen LogP contribution in [-0.2, 0) is 0 Å². The van der Waals surface area contributed by atoms with Crippen molar-refractivity contribution in [3.05, 3.63) is 32.7 Å². The molecule has 1 amide bonds. The van der Waals surface area contributed by atoms with Gasteiger partial charge < -0.3 is 11.1 Å². The fourth-order valence-corrected chi connectivity index (χ4v) is 3.99. The Labute approximate surface area is 134 Å². The maximum Gasteiger partial charge on any atom is 0.251 e. The van der Waals surface area contributed by atoms with Crippen LogP contribution in [0.4, 0.5) is 0 Å². The summed E-state index contributed by atoms with van der Waals surface area (Å²) in [7, 11) is 0. The SMILES string of the molecule is NC(=S)C1CCCC1NC(=O)c1cc(Br)cc(Br)c1. The van der Waals surface area contributed by atoms with E-state index >= 15 is 0 Å². The second-order valence-corrected chi connectivity index (χ2v) is 6.98. The number of carbonyl (C=O) groups excluding carboxylic acids is 1. The van der Waals surface area contributed by atoms with Crippen LogP contribution in [0.15, 0.2) is 27.1 Å². The average Bonchev–Trinajstić information content (AvgIpc) is 2.75. The van der Waals surface area contributed by atoms with Crippen LogP contribution in [0.5, 0.6) is 0 Å². The molecule has 19 heavy (non-hydrogen) atoms. The Morgan fingerprint density at radius 1 is 1.26 bits per heavy atom. The summed E-state index contributed by atoms with van der Waals surface area (Å²) < 4.78 is 1.73. The molecule has 2 unspecified atom stereocenters. The number of thiocarbonyl (C=S) groups is 1. The summed E-state index contributed by atoms with van der Waals surface area (Å²) in [5.41, 5.74) is 6.34. The fourth-order valence-electron chi connectivity index (χ4n) is 2.41. The zero-order valence-electron chi connectivity index (χ0n) is 10.2. The van der Waals surface area contributed by atoms with Gasteiger partial charge in [0.15, 0.2) is 0 Å². The molecular weight excluding hydrogens is 392 g/mol. The minimum atomic E-state index is -0.0878. The molecule has 6 heteroatoms. The lowest BCUT2D eigenvalue weighted by Crippen LogP contribution is -2.41. The number of rotatable bonds is 3. The van der Waals surface area contributed by atoms with Gasteiger partial charge in [-0.05, 0) is 31.0 Å². The Morgan fingerprint density at radius 2 is 1.89 bits per heavy atom. The molecule has 1 fully saturated rings. The third-order valence-electron chi connectivity index (χ3n) is 3.32. The smallest absolute Gasteiger partial charge is 0.251 e. The molecule has 0 spiro atoms. The average molecular weight is 406 g/mol. The normalized spacial score (nSPS) is 22.2. The quantitative estimate of drug-likeness (QED) is 0.757. The fraction of sp³-hybridized carbons (Fsp3) is 0.385. The van der Waals surface area contributed by atoms with Crippen molar-refractivity contribution >= 4 is 55.0 Å². The van der Waals surface area contributed by atoms with Crippen molar-refractivity contribution in [2.75, 3.05) is 0 Å². The van der Waals surface area contributed by atoms with Gasteiger partial charge in [-0.25, -0.2) is 0 Å². The first-order valence-corrected chi connectivity index (χ1v) is 8.03. The predicted octanol–water partition coefficient (Wildman–Crippen LogP) is 3.40. The first-order chi connectivity index (χ1) is 8.97. The monoisotopic (exact) mass is 404 g/mol. The minimum Gasteiger partial charge on any atom is -0.393 e. The summed E-state index contributed by atoms with van der Waals surface area (Å²) in [6, 6.07) is 5.54. The standard InChI is InChI=1S/C13H14Br2N2OS/c14-8-4-7(5-9(15)6-8)13(18)17-11-3-1-2-10(11)12(16)19/h4-6,10-11H,1-3H2,(H2,16,19)(H,17,18). The lowest BCUT2D eigenvalue weighted by molar-refractivity contribution is 0.0933. The number of halogens is 2. The molecule has 2 rings (SSSR count). The Morgan fingerprint density at radius 3 is 2.47 bits per heavy atom. The summed E-state index contributed by atoms with van der Waals surface area (Å²) >= 11 is 11.8. The molecule has 0 aromatic heterocycles. The van der Waals surface area contributed by atoms with E-state index < -0.39 is 0 Å². The molecule has 0 bridgehead atoms. The molecule has 0 heterocycles. The Hall–Kier alpha value is -0.460. The van der Waals surface area contributed by atoms with Gasteiger partial charge in [0.05, 0.1) is 4.99 Å². The molecule has 2 atom stereocenters. The van der Waals surface area contributed by atoms with Crippen molar-refractivity contribution in [3.8, 4) is 0 Å². The van der Waals surface area contributed by atoms with Crippen LogP contribution in [0.3, 0.4) is 0 Å². The van der Waals surface area contributed by atoms with E-state index in [2.05, 4.69) is 37.2 Å². The topological polar surface area (TPSA) is 55.1 Å². The molecule has 0 saturated heterocycles. The van der Waals surface area contributed by atoms with Crippen LogP contribution in [-0.4, -0.2) is 16.9 Å². The maximum absolute atomic E-state index is 12.2. The highest BCUT2D eigenvalue weighted by molar-refractivity contribution is 9.11. The lowest BCUT2D eigenvalue weighted by Gasteiger charge is -2.20. The van der Waals surface area contributed by atoms with E-state index in [4.69, 9.17) is 18.0 Å². The Balaban J connectivity index is 2.10. The van der Waals surface area contributed by atoms with Crippen LogP contribution in [0, 0.1) is 5.92 Å². The molecule has 0 aliphatic heterocycles. The minimum absolute atomic E-state index is 0.0581. The molecule has 1 aliphatic carbocycles. The van der Waals surface area contributed by atoms with Gasteiger partial charge in [-0.2, -0.15) is 0 Å². The van der Waals surface area contributed by atoms with Crippen LogP contribution in [0.1, 0.15) is 29.6 Å². The number of nitrogens with one attached hydrogen (secondary N) is 1. The van der Waals surface area contributed by atoms with E-state index in [1.165, 1.54) is 0 Å². The van der Waals surface area contributed by atoms with Gasteiger partial charge in [0.1, 0.15) is 0 Å². The van der Waals surface area contributed by atoms with Gasteiger partial charge in [-0.3, -0.25) is 4.79 Å². The third-order valence-corrected chi connectivity index (χ3v) is 4.54. The first-order valence-electron chi connectivity index (χ1n) is 6.03. The number of amides is 1. The van der Waals surface area contributed by atoms with E-state index in [1.54, 1.807) is 12.1 Å². The van der Waals surface area contributed by atoms with E-state index in [0.29, 0.717) is 10.6 Å². The first kappa shape index (κ1) is 14.9. The summed E-state index contributed by atoms with van der Waals surface area (Å²) in [6.07, 6.45) is 2.94. The van der Waals surface area contributed by atoms with E-state index in [0.717, 1.165) is 28.2 Å². The van der Waals surface area contributed by atoms with Crippen molar-refractivity contribution in [1.82, 2.24) is 5.32 Å². The van der Waals surface area contributed by atoms with Gasteiger partial charge in [-0.15, -0.1) is 0 Å². The van der Waals surface area contributed by atoms with Crippen molar-refractivity contribution in [3.63, 3.8) is 0 Å². The molecule has 1 aromatic rings. The third kappa shape index (κ3) is 3.77. The van der Waals surface area contributed by atoms with Gasteiger partial charge in [0.25, 0.3) is 5.91 Å². The highest BCUT2D eigenvalue weighted by Gasteiger charge is 2.30. The molecule has 3 N–H and O–H groups in total. The summed E-state index contributed by atoms with van der Waals surface area (Å²) in [6.45, 7) is 0. The number of hydrogen-bond donors (Lipinski definition) is 2. The van der Waals surface area contributed by atoms with Gasteiger partial charge in [-0.1, -0.05) is 50.5 Å². The van der Waals surface area contributed by atoms with E-state index in [9.17, 15) is 4.79 Å². The maximum atomic E-state index is 12.2. The molecular formula is C13H14Br2N2OS. The number of hydrogen-bond acceptors (Lipinski definition) is 2. The zero-order valence-corrected chi connectivity index (χ0v) is 14.1. The number of benzene rings is 1. The van der Waals surface area contributed by atoms with E-state index in [-0.39, 0.29) is 17.9 Å². The molecule has 1 aromatic carbocycles. The summed E-state index contributed by atoms with van der Waals surface area (Å²) in [5.74, 6) is 0.0321. The molecule has 1 saturated carbocycles. The largest absolute Gasteiger partial charge is 0.393 e. The van der Waals surface area contributed by atoms with Gasteiger partial charge in [0.2, 0.25) is 0 Å². The predicted molar refractivity (Wildman–Crippen MR) is 87.2 cm³/mol. The lowest BCUT2D eigenvalue weighted by atomic mass is 10.0. The Kier molecular flexibility index (Phi) is 4.97. The second kappa shape index (κ2) is 6.33. The van der Waals surface area contributed by atoms with Crippen LogP contribution >= 0.6 is 44.1 Å². The van der Waals surface area contributed by atoms with Crippen LogP contribution in [0.25, 0.3) is 0 Å². The van der Waals surface area contributed by atoms with Crippen LogP contribution in [0.2, 0.25) is 0 Å². The number of carbonyl (C=O) groups is 1. The molecule has 102 valence electrons. The van der Waals surface area contributed by atoms with Crippen molar-refractivity contribution < 1.29 is 4.79 Å². The second-order valence-electron chi connectivity index (χ2n) is 4.68. The van der Waals surface area contributed by atoms with Crippen molar-refractivity contribution in [1.29, 1.82) is 0 Å². The molecule has 0 radical (unpaired) electrons. The summed E-state index contributed by atoms with van der Waals surface area (Å²) in [5, 5.41) is 3.03. The summed E-state index contributed by atoms with van der Waals surface area (Å²) in [4.78, 5) is 12.7. The molecule has 1 aliphatic rings. The van der Waals surface area contributed by atoms with Gasteiger partial charge in [0, 0.05) is 26.5 Å². The van der Waals surface area contributed by atoms with Crippen LogP contribution < -0.4 is 11.1 Å². The van der Waals surface area contributed by atoms with Gasteiger partial charge >= 0.3 is 0 Å². The number of nitrogens with two attached hydrogens (primary N) is 1. The zero-order chi connectivity index (χ0) is 14.0. The Bertz CT molecular complexity index is 501. The highest BCUT2D eigenvalue weighted by atomic mass is 79.9. The van der Waals surface area contributed by atoms with E-state index in [1.807, 2.05) is 6.07 Å². The highest BCUT2D eigenvalue weighted by Crippen LogP contribution is 2.27. The molecule has 3 nitrogen and oxygen atoms in total. The van der Waals surface area contributed by atoms with Crippen molar-refractivity contribution in [2.45, 2.75) is 25.3 Å². The van der Waals surface area contributed by atoms with Crippen molar-refractivity contribution in [2.24, 2.45) is 11.7 Å².